The van der Waals surface area contributed by atoms with Crippen LogP contribution >= 0.6 is 11.3 Å². The van der Waals surface area contributed by atoms with E-state index in [1.807, 2.05) is 57.9 Å². The quantitative estimate of drug-likeness (QED) is 0.615. The van der Waals surface area contributed by atoms with Crippen LogP contribution in [0.1, 0.15) is 27.3 Å². The SMILES string of the molecule is Cc1cc(C(=O)N2CCN(CC(=O)N3CCc4ccccc43)CC2)c(C)n1-c1nccs1. The lowest BCUT2D eigenvalue weighted by atomic mass is 10.2. The molecule has 0 N–H and O–H groups in total. The fraction of sp³-hybridized carbons (Fsp3) is 0.375. The minimum absolute atomic E-state index is 0.0559. The van der Waals surface area contributed by atoms with Crippen molar-refractivity contribution in [1.29, 1.82) is 0 Å². The van der Waals surface area contributed by atoms with Gasteiger partial charge in [-0.05, 0) is 38.0 Å². The van der Waals surface area contributed by atoms with E-state index in [4.69, 9.17) is 0 Å². The molecule has 4 heterocycles. The van der Waals surface area contributed by atoms with Crippen LogP contribution in [-0.2, 0) is 11.2 Å². The van der Waals surface area contributed by atoms with Crippen molar-refractivity contribution in [2.45, 2.75) is 20.3 Å². The van der Waals surface area contributed by atoms with Crippen molar-refractivity contribution in [3.8, 4) is 5.13 Å². The van der Waals surface area contributed by atoms with Crippen LogP contribution in [0.25, 0.3) is 5.13 Å². The van der Waals surface area contributed by atoms with E-state index in [9.17, 15) is 9.59 Å². The van der Waals surface area contributed by atoms with Crippen LogP contribution in [0.2, 0.25) is 0 Å². The lowest BCUT2D eigenvalue weighted by Crippen LogP contribution is -2.51. The maximum atomic E-state index is 13.2. The Bertz CT molecular complexity index is 1150. The average molecular weight is 450 g/mol. The second kappa shape index (κ2) is 8.52. The summed E-state index contributed by atoms with van der Waals surface area (Å²) in [4.78, 5) is 36.5. The molecule has 8 heteroatoms. The minimum Gasteiger partial charge on any atom is -0.336 e. The number of piperazine rings is 1. The number of rotatable bonds is 4. The first-order valence-electron chi connectivity index (χ1n) is 11.0. The molecule has 2 aromatic heterocycles. The zero-order valence-electron chi connectivity index (χ0n) is 18.5. The number of nitrogens with zero attached hydrogens (tertiary/aromatic N) is 5. The van der Waals surface area contributed by atoms with Gasteiger partial charge in [-0.3, -0.25) is 19.1 Å². The highest BCUT2D eigenvalue weighted by molar-refractivity contribution is 7.12. The second-order valence-electron chi connectivity index (χ2n) is 8.43. The summed E-state index contributed by atoms with van der Waals surface area (Å²) in [6.45, 7) is 7.81. The minimum atomic E-state index is 0.0559. The van der Waals surface area contributed by atoms with Crippen molar-refractivity contribution in [3.05, 3.63) is 64.4 Å². The van der Waals surface area contributed by atoms with Gasteiger partial charge in [-0.1, -0.05) is 18.2 Å². The molecule has 7 nitrogen and oxygen atoms in total. The molecular formula is C24H27N5O2S. The molecule has 32 heavy (non-hydrogen) atoms. The second-order valence-corrected chi connectivity index (χ2v) is 9.30. The molecule has 166 valence electrons. The zero-order chi connectivity index (χ0) is 22.2. The van der Waals surface area contributed by atoms with Crippen LogP contribution in [0.3, 0.4) is 0 Å². The average Bonchev–Trinajstić information content (AvgIpc) is 3.53. The number of carbonyl (C=O) groups excluding carboxylic acids is 2. The number of anilines is 1. The van der Waals surface area contributed by atoms with Gasteiger partial charge in [-0.25, -0.2) is 4.98 Å². The summed E-state index contributed by atoms with van der Waals surface area (Å²) in [5, 5.41) is 2.82. The molecule has 0 radical (unpaired) electrons. The van der Waals surface area contributed by atoms with Crippen LogP contribution in [0.5, 0.6) is 0 Å². The zero-order valence-corrected chi connectivity index (χ0v) is 19.3. The van der Waals surface area contributed by atoms with Crippen molar-refractivity contribution in [3.63, 3.8) is 0 Å². The highest BCUT2D eigenvalue weighted by Gasteiger charge is 2.29. The molecule has 1 fully saturated rings. The normalized spacial score (nSPS) is 16.4. The van der Waals surface area contributed by atoms with E-state index in [1.165, 1.54) is 5.56 Å². The molecule has 2 aliphatic rings. The highest BCUT2D eigenvalue weighted by Crippen LogP contribution is 2.28. The lowest BCUT2D eigenvalue weighted by molar-refractivity contribution is -0.120. The summed E-state index contributed by atoms with van der Waals surface area (Å²) in [6, 6.07) is 10.1. The lowest BCUT2D eigenvalue weighted by Gasteiger charge is -2.35. The number of carbonyl (C=O) groups is 2. The number of hydrogen-bond donors (Lipinski definition) is 0. The largest absolute Gasteiger partial charge is 0.336 e. The number of aryl methyl sites for hydroxylation is 1. The van der Waals surface area contributed by atoms with Gasteiger partial charge in [-0.15, -0.1) is 11.3 Å². The van der Waals surface area contributed by atoms with Crippen LogP contribution in [-0.4, -0.2) is 70.4 Å². The third-order valence-corrected chi connectivity index (χ3v) is 7.24. The van der Waals surface area contributed by atoms with Gasteiger partial charge in [0.1, 0.15) is 0 Å². The van der Waals surface area contributed by atoms with Gasteiger partial charge in [0.25, 0.3) is 5.91 Å². The Morgan fingerprint density at radius 2 is 1.84 bits per heavy atom. The first-order valence-corrected chi connectivity index (χ1v) is 11.9. The number of aromatic nitrogens is 2. The third-order valence-electron chi connectivity index (χ3n) is 6.48. The molecule has 0 spiro atoms. The molecule has 3 aromatic rings. The number of amides is 2. The Morgan fingerprint density at radius 3 is 2.59 bits per heavy atom. The molecule has 0 unspecified atom stereocenters. The smallest absolute Gasteiger partial charge is 0.255 e. The maximum Gasteiger partial charge on any atom is 0.255 e. The van der Waals surface area contributed by atoms with Gasteiger partial charge < -0.3 is 9.80 Å². The Morgan fingerprint density at radius 1 is 1.06 bits per heavy atom. The predicted octanol–water partition coefficient (Wildman–Crippen LogP) is 2.90. The fourth-order valence-electron chi connectivity index (χ4n) is 4.75. The Balaban J connectivity index is 1.21. The molecule has 2 amide bonds. The Labute approximate surface area is 191 Å². The van der Waals surface area contributed by atoms with E-state index in [-0.39, 0.29) is 11.8 Å². The molecule has 2 aliphatic heterocycles. The predicted molar refractivity (Wildman–Crippen MR) is 126 cm³/mol. The van der Waals surface area contributed by atoms with E-state index >= 15 is 0 Å². The van der Waals surface area contributed by atoms with Gasteiger partial charge in [0, 0.05) is 61.4 Å². The van der Waals surface area contributed by atoms with Crippen LogP contribution in [0.4, 0.5) is 5.69 Å². The van der Waals surface area contributed by atoms with Crippen molar-refractivity contribution in [1.82, 2.24) is 19.4 Å². The van der Waals surface area contributed by atoms with E-state index in [0.717, 1.165) is 40.7 Å². The topological polar surface area (TPSA) is 61.7 Å². The monoisotopic (exact) mass is 449 g/mol. The van der Waals surface area contributed by atoms with E-state index < -0.39 is 0 Å². The standard InChI is InChI=1S/C24H27N5O2S/c1-17-15-20(18(2)29(17)24-25-8-14-32-24)23(31)27-12-10-26(11-13-27)16-22(30)28-9-7-19-5-3-4-6-21(19)28/h3-6,8,14-15H,7,9-13,16H2,1-2H3. The molecule has 1 saturated heterocycles. The van der Waals surface area contributed by atoms with E-state index in [1.54, 1.807) is 17.5 Å². The number of thiazole rings is 1. The molecule has 5 rings (SSSR count). The number of para-hydroxylation sites is 1. The Hall–Kier alpha value is -2.97. The van der Waals surface area contributed by atoms with Crippen LogP contribution in [0.15, 0.2) is 41.9 Å². The number of hydrogen-bond acceptors (Lipinski definition) is 5. The van der Waals surface area contributed by atoms with Gasteiger partial charge >= 0.3 is 0 Å². The number of fused-ring (bicyclic) bond motifs is 1. The van der Waals surface area contributed by atoms with Gasteiger partial charge in [-0.2, -0.15) is 0 Å². The molecule has 0 aliphatic carbocycles. The summed E-state index contributed by atoms with van der Waals surface area (Å²) in [5.41, 5.74) is 4.95. The van der Waals surface area contributed by atoms with Crippen molar-refractivity contribution < 1.29 is 9.59 Å². The van der Waals surface area contributed by atoms with E-state index in [0.29, 0.717) is 32.7 Å². The molecule has 1 aromatic carbocycles. The van der Waals surface area contributed by atoms with Gasteiger partial charge in [0.2, 0.25) is 5.91 Å². The molecule has 0 atom stereocenters. The molecular weight excluding hydrogens is 422 g/mol. The van der Waals surface area contributed by atoms with Crippen LogP contribution < -0.4 is 4.90 Å². The summed E-state index contributed by atoms with van der Waals surface area (Å²) in [6.07, 6.45) is 2.70. The molecule has 0 saturated carbocycles. The number of benzene rings is 1. The van der Waals surface area contributed by atoms with Gasteiger partial charge in [0.05, 0.1) is 12.1 Å². The van der Waals surface area contributed by atoms with Crippen molar-refractivity contribution in [2.24, 2.45) is 0 Å². The maximum absolute atomic E-state index is 13.2. The summed E-state index contributed by atoms with van der Waals surface area (Å²) >= 11 is 1.56. The summed E-state index contributed by atoms with van der Waals surface area (Å²) in [7, 11) is 0. The third kappa shape index (κ3) is 3.73. The van der Waals surface area contributed by atoms with Crippen molar-refractivity contribution >= 4 is 28.8 Å². The highest BCUT2D eigenvalue weighted by atomic mass is 32.1. The van der Waals surface area contributed by atoms with Gasteiger partial charge in [0.15, 0.2) is 5.13 Å². The van der Waals surface area contributed by atoms with Crippen LogP contribution in [0, 0.1) is 13.8 Å². The summed E-state index contributed by atoms with van der Waals surface area (Å²) in [5.74, 6) is 0.196. The fourth-order valence-corrected chi connectivity index (χ4v) is 5.50. The first kappa shape index (κ1) is 20.9. The first-order chi connectivity index (χ1) is 15.5. The summed E-state index contributed by atoms with van der Waals surface area (Å²) < 4.78 is 2.04. The Kier molecular flexibility index (Phi) is 5.57. The van der Waals surface area contributed by atoms with Crippen molar-refractivity contribution in [2.75, 3.05) is 44.2 Å². The molecule has 0 bridgehead atoms. The van der Waals surface area contributed by atoms with E-state index in [2.05, 4.69) is 16.0 Å².